The number of aromatic nitrogens is 2. The minimum Gasteiger partial charge on any atom is -0.333 e. The molecule has 32 heavy (non-hydrogen) atoms. The first-order valence-electron chi connectivity index (χ1n) is 10.4. The summed E-state index contributed by atoms with van der Waals surface area (Å²) in [6.45, 7) is 2.34. The number of halogens is 1. The van der Waals surface area contributed by atoms with Crippen LogP contribution in [0.3, 0.4) is 0 Å². The Morgan fingerprint density at radius 1 is 1.09 bits per heavy atom. The van der Waals surface area contributed by atoms with Crippen molar-refractivity contribution in [2.45, 2.75) is 32.4 Å². The van der Waals surface area contributed by atoms with Crippen molar-refractivity contribution in [3.63, 3.8) is 0 Å². The maximum Gasteiger partial charge on any atom is 0.255 e. The summed E-state index contributed by atoms with van der Waals surface area (Å²) in [7, 11) is 1.95. The van der Waals surface area contributed by atoms with Crippen LogP contribution in [0.5, 0.6) is 0 Å². The number of piperidine rings is 1. The minimum atomic E-state index is -0.627. The molecule has 2 aromatic carbocycles. The van der Waals surface area contributed by atoms with Crippen molar-refractivity contribution in [3.05, 3.63) is 64.4 Å². The second-order valence-electron chi connectivity index (χ2n) is 8.28. The van der Waals surface area contributed by atoms with Gasteiger partial charge in [-0.25, -0.2) is 4.98 Å². The Morgan fingerprint density at radius 2 is 1.88 bits per heavy atom. The van der Waals surface area contributed by atoms with Gasteiger partial charge in [0.15, 0.2) is 0 Å². The van der Waals surface area contributed by atoms with E-state index < -0.39 is 11.9 Å². The van der Waals surface area contributed by atoms with E-state index in [4.69, 9.17) is 11.6 Å². The van der Waals surface area contributed by atoms with Crippen LogP contribution in [0.15, 0.2) is 42.7 Å². The molecular formula is C24H21ClN4O3. The summed E-state index contributed by atoms with van der Waals surface area (Å²) in [4.78, 5) is 42.9. The SMILES string of the molecule is Cc1cc(Cl)ccc1-c1c(-c2ccc3c(c2)CN(C2CCC(=O)NC2=O)C3=O)ncn1C. The number of rotatable bonds is 3. The number of carbonyl (C=O) groups is 3. The average Bonchev–Trinajstić information content (AvgIpc) is 3.28. The van der Waals surface area contributed by atoms with Gasteiger partial charge in [0, 0.05) is 41.7 Å². The number of nitrogens with zero attached hydrogens (tertiary/aromatic N) is 3. The van der Waals surface area contributed by atoms with Crippen molar-refractivity contribution in [2.24, 2.45) is 7.05 Å². The Kier molecular flexibility index (Phi) is 4.86. The number of nitrogens with one attached hydrogen (secondary N) is 1. The highest BCUT2D eigenvalue weighted by Crippen LogP contribution is 2.36. The van der Waals surface area contributed by atoms with Crippen molar-refractivity contribution >= 4 is 29.3 Å². The Morgan fingerprint density at radius 3 is 2.62 bits per heavy atom. The number of benzene rings is 2. The lowest BCUT2D eigenvalue weighted by atomic mass is 9.98. The van der Waals surface area contributed by atoms with Crippen LogP contribution in [0.2, 0.25) is 5.02 Å². The molecular weight excluding hydrogens is 428 g/mol. The maximum absolute atomic E-state index is 13.0. The molecule has 0 aliphatic carbocycles. The van der Waals surface area contributed by atoms with Crippen LogP contribution in [0, 0.1) is 6.92 Å². The van der Waals surface area contributed by atoms with Crippen molar-refractivity contribution < 1.29 is 14.4 Å². The summed E-state index contributed by atoms with van der Waals surface area (Å²) in [6, 6.07) is 10.8. The Balaban J connectivity index is 1.51. The molecule has 0 bridgehead atoms. The molecule has 3 aromatic rings. The van der Waals surface area contributed by atoms with Gasteiger partial charge in [0.2, 0.25) is 11.8 Å². The van der Waals surface area contributed by atoms with Crippen molar-refractivity contribution in [1.82, 2.24) is 19.8 Å². The number of fused-ring (bicyclic) bond motifs is 1. The quantitative estimate of drug-likeness (QED) is 0.622. The van der Waals surface area contributed by atoms with Crippen LogP contribution in [-0.4, -0.2) is 38.2 Å². The van der Waals surface area contributed by atoms with Crippen LogP contribution in [0.4, 0.5) is 0 Å². The summed E-state index contributed by atoms with van der Waals surface area (Å²) in [5.41, 5.74) is 6.18. The number of imide groups is 1. The molecule has 7 nitrogen and oxygen atoms in total. The van der Waals surface area contributed by atoms with E-state index in [0.29, 0.717) is 23.6 Å². The largest absolute Gasteiger partial charge is 0.333 e. The minimum absolute atomic E-state index is 0.184. The van der Waals surface area contributed by atoms with E-state index in [1.165, 1.54) is 0 Å². The Hall–Kier alpha value is -3.45. The van der Waals surface area contributed by atoms with Crippen molar-refractivity contribution in [3.8, 4) is 22.5 Å². The van der Waals surface area contributed by atoms with E-state index >= 15 is 0 Å². The molecule has 1 aromatic heterocycles. The Labute approximate surface area is 190 Å². The van der Waals surface area contributed by atoms with Crippen LogP contribution in [0.1, 0.15) is 34.3 Å². The monoisotopic (exact) mass is 448 g/mol. The summed E-state index contributed by atoms with van der Waals surface area (Å²) < 4.78 is 1.97. The molecule has 1 N–H and O–H groups in total. The smallest absolute Gasteiger partial charge is 0.255 e. The third kappa shape index (κ3) is 3.29. The van der Waals surface area contributed by atoms with Gasteiger partial charge in [0.05, 0.1) is 17.7 Å². The van der Waals surface area contributed by atoms with Gasteiger partial charge in [-0.15, -0.1) is 0 Å². The molecule has 3 heterocycles. The van der Waals surface area contributed by atoms with E-state index in [1.54, 1.807) is 17.3 Å². The fourth-order valence-corrected chi connectivity index (χ4v) is 4.80. The topological polar surface area (TPSA) is 84.3 Å². The maximum atomic E-state index is 13.0. The lowest BCUT2D eigenvalue weighted by molar-refractivity contribution is -0.136. The lowest BCUT2D eigenvalue weighted by Gasteiger charge is -2.29. The van der Waals surface area contributed by atoms with Gasteiger partial charge in [-0.05, 0) is 48.7 Å². The Bertz CT molecular complexity index is 1300. The number of amides is 3. The normalized spacial score (nSPS) is 18.2. The first kappa shape index (κ1) is 20.5. The fourth-order valence-electron chi connectivity index (χ4n) is 4.57. The summed E-state index contributed by atoms with van der Waals surface area (Å²) >= 11 is 6.14. The number of hydrogen-bond donors (Lipinski definition) is 1. The first-order chi connectivity index (χ1) is 15.3. The van der Waals surface area contributed by atoms with Crippen LogP contribution in [0.25, 0.3) is 22.5 Å². The van der Waals surface area contributed by atoms with Gasteiger partial charge in [-0.2, -0.15) is 0 Å². The summed E-state index contributed by atoms with van der Waals surface area (Å²) in [5, 5.41) is 3.01. The number of aryl methyl sites for hydroxylation is 2. The van der Waals surface area contributed by atoms with Crippen LogP contribution < -0.4 is 5.32 Å². The molecule has 1 unspecified atom stereocenters. The predicted octanol–water partition coefficient (Wildman–Crippen LogP) is 3.48. The molecule has 162 valence electrons. The highest BCUT2D eigenvalue weighted by Gasteiger charge is 2.39. The average molecular weight is 449 g/mol. The second kappa shape index (κ2) is 7.60. The van der Waals surface area contributed by atoms with E-state index in [2.05, 4.69) is 10.3 Å². The molecule has 1 atom stereocenters. The zero-order valence-corrected chi connectivity index (χ0v) is 18.4. The third-order valence-electron chi connectivity index (χ3n) is 6.18. The lowest BCUT2D eigenvalue weighted by Crippen LogP contribution is -2.52. The molecule has 1 fully saturated rings. The van der Waals surface area contributed by atoms with Crippen molar-refractivity contribution in [2.75, 3.05) is 0 Å². The number of hydrogen-bond acceptors (Lipinski definition) is 4. The van der Waals surface area contributed by atoms with Gasteiger partial charge in [0.1, 0.15) is 6.04 Å². The zero-order valence-electron chi connectivity index (χ0n) is 17.7. The molecule has 0 saturated carbocycles. The first-order valence-corrected chi connectivity index (χ1v) is 10.8. The molecule has 2 aliphatic heterocycles. The van der Waals surface area contributed by atoms with Gasteiger partial charge in [-0.3, -0.25) is 19.7 Å². The highest BCUT2D eigenvalue weighted by molar-refractivity contribution is 6.30. The van der Waals surface area contributed by atoms with Crippen molar-refractivity contribution in [1.29, 1.82) is 0 Å². The molecule has 0 spiro atoms. The zero-order chi connectivity index (χ0) is 22.6. The van der Waals surface area contributed by atoms with Gasteiger partial charge >= 0.3 is 0 Å². The fraction of sp³-hybridized carbons (Fsp3) is 0.250. The molecule has 3 amide bonds. The molecule has 1 saturated heterocycles. The predicted molar refractivity (Wildman–Crippen MR) is 120 cm³/mol. The van der Waals surface area contributed by atoms with Gasteiger partial charge < -0.3 is 9.47 Å². The molecule has 2 aliphatic rings. The number of imidazole rings is 1. The summed E-state index contributed by atoms with van der Waals surface area (Å²) in [6.07, 6.45) is 2.35. The number of carbonyl (C=O) groups excluding carboxylic acids is 3. The van der Waals surface area contributed by atoms with E-state index in [9.17, 15) is 14.4 Å². The molecule has 8 heteroatoms. The van der Waals surface area contributed by atoms with Gasteiger partial charge in [-0.1, -0.05) is 23.7 Å². The van der Waals surface area contributed by atoms with E-state index in [1.807, 2.05) is 48.9 Å². The molecule has 0 radical (unpaired) electrons. The van der Waals surface area contributed by atoms with Crippen LogP contribution in [-0.2, 0) is 23.2 Å². The van der Waals surface area contributed by atoms with E-state index in [-0.39, 0.29) is 18.2 Å². The molecule has 5 rings (SSSR count). The highest BCUT2D eigenvalue weighted by atomic mass is 35.5. The third-order valence-corrected chi connectivity index (χ3v) is 6.41. The van der Waals surface area contributed by atoms with Crippen LogP contribution >= 0.6 is 11.6 Å². The van der Waals surface area contributed by atoms with Gasteiger partial charge in [0.25, 0.3) is 5.91 Å². The van der Waals surface area contributed by atoms with E-state index in [0.717, 1.165) is 33.6 Å². The standard InChI is InChI=1S/C24H21ClN4O3/c1-13-9-16(25)4-6-17(13)22-21(26-12-28(22)2)14-3-5-18-15(10-14)11-29(24(18)32)19-7-8-20(30)27-23(19)31/h3-6,9-10,12,19H,7-8,11H2,1-2H3,(H,27,30,31). The second-order valence-corrected chi connectivity index (χ2v) is 8.72. The summed E-state index contributed by atoms with van der Waals surface area (Å²) in [5.74, 6) is -0.887.